The molecule has 19 heavy (non-hydrogen) atoms. The summed E-state index contributed by atoms with van der Waals surface area (Å²) in [4.78, 5) is 19.2. The third-order valence-corrected chi connectivity index (χ3v) is 2.32. The van der Waals surface area contributed by atoms with E-state index in [1.807, 2.05) is 0 Å². The highest BCUT2D eigenvalue weighted by Crippen LogP contribution is 2.20. The van der Waals surface area contributed by atoms with E-state index >= 15 is 0 Å². The van der Waals surface area contributed by atoms with Crippen LogP contribution in [0.15, 0.2) is 24.5 Å². The highest BCUT2D eigenvalue weighted by molar-refractivity contribution is 6.02. The number of anilines is 1. The van der Waals surface area contributed by atoms with Gasteiger partial charge in [-0.2, -0.15) is 0 Å². The van der Waals surface area contributed by atoms with Gasteiger partial charge in [0.2, 0.25) is 0 Å². The third-order valence-electron chi connectivity index (χ3n) is 2.32. The highest BCUT2D eigenvalue weighted by atomic mass is 19.2. The molecule has 0 unspecified atom stereocenters. The van der Waals surface area contributed by atoms with Gasteiger partial charge in [-0.05, 0) is 25.1 Å². The van der Waals surface area contributed by atoms with Crippen molar-refractivity contribution in [3.8, 4) is 0 Å². The maximum Gasteiger partial charge on any atom is 0.274 e. The van der Waals surface area contributed by atoms with Gasteiger partial charge in [-0.25, -0.2) is 23.1 Å². The number of carbonyl (C=O) groups is 1. The number of benzene rings is 1. The molecule has 2 aromatic rings. The molecule has 0 atom stereocenters. The summed E-state index contributed by atoms with van der Waals surface area (Å²) in [7, 11) is 0. The molecule has 0 aliphatic carbocycles. The predicted octanol–water partition coefficient (Wildman–Crippen LogP) is 2.45. The van der Waals surface area contributed by atoms with Crippen LogP contribution < -0.4 is 5.32 Å². The summed E-state index contributed by atoms with van der Waals surface area (Å²) in [6.07, 6.45) is 1.17. The van der Waals surface area contributed by atoms with Crippen molar-refractivity contribution < 1.29 is 18.0 Å². The van der Waals surface area contributed by atoms with E-state index in [1.165, 1.54) is 12.4 Å². The van der Waals surface area contributed by atoms with E-state index in [1.54, 1.807) is 6.92 Å². The maximum atomic E-state index is 13.4. The molecule has 0 fully saturated rings. The number of carbonyl (C=O) groups excluding carboxylic acids is 1. The van der Waals surface area contributed by atoms with E-state index in [2.05, 4.69) is 15.3 Å². The molecular weight excluding hydrogens is 259 g/mol. The molecule has 1 aromatic heterocycles. The molecule has 0 saturated heterocycles. The minimum atomic E-state index is -1.64. The summed E-state index contributed by atoms with van der Waals surface area (Å²) >= 11 is 0. The molecule has 7 heteroatoms. The topological polar surface area (TPSA) is 54.9 Å². The number of amides is 1. The second kappa shape index (κ2) is 5.05. The molecule has 0 bridgehead atoms. The van der Waals surface area contributed by atoms with E-state index in [0.29, 0.717) is 5.69 Å². The zero-order valence-electron chi connectivity index (χ0n) is 9.75. The summed E-state index contributed by atoms with van der Waals surface area (Å²) in [6.45, 7) is 1.65. The quantitative estimate of drug-likeness (QED) is 0.850. The first-order chi connectivity index (χ1) is 8.99. The van der Waals surface area contributed by atoms with Gasteiger partial charge in [-0.15, -0.1) is 0 Å². The first kappa shape index (κ1) is 13.0. The normalized spacial score (nSPS) is 10.3. The zero-order valence-corrected chi connectivity index (χ0v) is 9.75. The lowest BCUT2D eigenvalue weighted by Crippen LogP contribution is -2.15. The molecular formula is C12H8F3N3O. The maximum absolute atomic E-state index is 13.4. The summed E-state index contributed by atoms with van der Waals surface area (Å²) < 4.78 is 39.1. The molecule has 0 spiro atoms. The van der Waals surface area contributed by atoms with Crippen molar-refractivity contribution in [2.45, 2.75) is 6.92 Å². The van der Waals surface area contributed by atoms with Crippen molar-refractivity contribution >= 4 is 11.6 Å². The van der Waals surface area contributed by atoms with Crippen LogP contribution in [-0.2, 0) is 0 Å². The van der Waals surface area contributed by atoms with Crippen molar-refractivity contribution in [2.75, 3.05) is 5.32 Å². The smallest absolute Gasteiger partial charge is 0.274 e. The minimum Gasteiger partial charge on any atom is -0.318 e. The van der Waals surface area contributed by atoms with Crippen molar-refractivity contribution in [1.82, 2.24) is 9.97 Å². The van der Waals surface area contributed by atoms with E-state index in [0.717, 1.165) is 12.1 Å². The Morgan fingerprint density at radius 2 is 1.89 bits per heavy atom. The van der Waals surface area contributed by atoms with Crippen LogP contribution in [0.1, 0.15) is 16.2 Å². The van der Waals surface area contributed by atoms with Crippen LogP contribution >= 0.6 is 0 Å². The number of hydrogen-bond donors (Lipinski definition) is 1. The Bertz CT molecular complexity index is 646. The third kappa shape index (κ3) is 2.70. The standard InChI is InChI=1S/C12H8F3N3O/c1-6-4-9(17-5-16-6)12(19)18-8-3-2-7(13)10(14)11(8)15/h2-5H,1H3,(H,18,19). The van der Waals surface area contributed by atoms with Crippen molar-refractivity contribution in [3.63, 3.8) is 0 Å². The number of nitrogens with zero attached hydrogens (tertiary/aromatic N) is 2. The first-order valence-corrected chi connectivity index (χ1v) is 5.22. The van der Waals surface area contributed by atoms with Crippen LogP contribution in [0.5, 0.6) is 0 Å². The van der Waals surface area contributed by atoms with Gasteiger partial charge in [-0.3, -0.25) is 4.79 Å². The largest absolute Gasteiger partial charge is 0.318 e. The summed E-state index contributed by atoms with van der Waals surface area (Å²) in [6, 6.07) is 3.03. The number of nitrogens with one attached hydrogen (secondary N) is 1. The molecule has 1 aromatic carbocycles. The Labute approximate surface area is 106 Å². The fourth-order valence-electron chi connectivity index (χ4n) is 1.39. The van der Waals surface area contributed by atoms with Crippen LogP contribution in [0.25, 0.3) is 0 Å². The molecule has 1 N–H and O–H groups in total. The molecule has 0 aliphatic rings. The number of aromatic nitrogens is 2. The van der Waals surface area contributed by atoms with Gasteiger partial charge in [0.15, 0.2) is 17.5 Å². The molecule has 0 saturated carbocycles. The van der Waals surface area contributed by atoms with Crippen molar-refractivity contribution in [1.29, 1.82) is 0 Å². The van der Waals surface area contributed by atoms with Gasteiger partial charge in [-0.1, -0.05) is 0 Å². The molecule has 98 valence electrons. The van der Waals surface area contributed by atoms with E-state index in [9.17, 15) is 18.0 Å². The Kier molecular flexibility index (Phi) is 3.46. The molecule has 0 radical (unpaired) electrons. The monoisotopic (exact) mass is 267 g/mol. The number of hydrogen-bond acceptors (Lipinski definition) is 3. The summed E-state index contributed by atoms with van der Waals surface area (Å²) in [5.41, 5.74) is 0.0858. The van der Waals surface area contributed by atoms with Crippen LogP contribution in [0, 0.1) is 24.4 Å². The lowest BCUT2D eigenvalue weighted by molar-refractivity contribution is 0.102. The molecule has 1 heterocycles. The fraction of sp³-hybridized carbons (Fsp3) is 0.0833. The molecule has 4 nitrogen and oxygen atoms in total. The second-order valence-electron chi connectivity index (χ2n) is 3.72. The summed E-state index contributed by atoms with van der Waals surface area (Å²) in [5, 5.41) is 2.11. The SMILES string of the molecule is Cc1cc(C(=O)Nc2ccc(F)c(F)c2F)ncn1. The first-order valence-electron chi connectivity index (χ1n) is 5.22. The average molecular weight is 267 g/mol. The number of aryl methyl sites for hydroxylation is 1. The van der Waals surface area contributed by atoms with Crippen LogP contribution in [0.4, 0.5) is 18.9 Å². The predicted molar refractivity (Wildman–Crippen MR) is 61.0 cm³/mol. The van der Waals surface area contributed by atoms with E-state index in [4.69, 9.17) is 0 Å². The number of rotatable bonds is 2. The van der Waals surface area contributed by atoms with Gasteiger partial charge in [0, 0.05) is 5.69 Å². The number of halogens is 3. The van der Waals surface area contributed by atoms with Gasteiger partial charge in [0.05, 0.1) is 5.69 Å². The van der Waals surface area contributed by atoms with Crippen LogP contribution in [0.3, 0.4) is 0 Å². The van der Waals surface area contributed by atoms with Crippen LogP contribution in [-0.4, -0.2) is 15.9 Å². The average Bonchev–Trinajstić information content (AvgIpc) is 2.39. The van der Waals surface area contributed by atoms with Crippen molar-refractivity contribution in [2.24, 2.45) is 0 Å². The van der Waals surface area contributed by atoms with E-state index < -0.39 is 29.0 Å². The lowest BCUT2D eigenvalue weighted by atomic mass is 10.2. The Morgan fingerprint density at radius 1 is 1.16 bits per heavy atom. The highest BCUT2D eigenvalue weighted by Gasteiger charge is 2.16. The zero-order chi connectivity index (χ0) is 14.0. The van der Waals surface area contributed by atoms with Crippen LogP contribution in [0.2, 0.25) is 0 Å². The Balaban J connectivity index is 2.27. The Morgan fingerprint density at radius 3 is 2.58 bits per heavy atom. The molecule has 1 amide bonds. The van der Waals surface area contributed by atoms with E-state index in [-0.39, 0.29) is 5.69 Å². The van der Waals surface area contributed by atoms with Gasteiger partial charge in [0.25, 0.3) is 5.91 Å². The molecule has 0 aliphatic heterocycles. The molecule has 2 rings (SSSR count). The van der Waals surface area contributed by atoms with Gasteiger partial charge in [0.1, 0.15) is 12.0 Å². The minimum absolute atomic E-state index is 0.00312. The lowest BCUT2D eigenvalue weighted by Gasteiger charge is -2.07. The second-order valence-corrected chi connectivity index (χ2v) is 3.72. The Hall–Kier alpha value is -2.44. The van der Waals surface area contributed by atoms with Gasteiger partial charge < -0.3 is 5.32 Å². The van der Waals surface area contributed by atoms with Crippen molar-refractivity contribution in [3.05, 3.63) is 53.4 Å². The fourth-order valence-corrected chi connectivity index (χ4v) is 1.39. The summed E-state index contributed by atoms with van der Waals surface area (Å²) in [5.74, 6) is -5.17. The van der Waals surface area contributed by atoms with Gasteiger partial charge >= 0.3 is 0 Å².